The van der Waals surface area contributed by atoms with Crippen LogP contribution in [0.15, 0.2) is 70.9 Å². The zero-order valence-electron chi connectivity index (χ0n) is 29.5. The van der Waals surface area contributed by atoms with Crippen LogP contribution in [-0.2, 0) is 38.1 Å². The van der Waals surface area contributed by atoms with Crippen LogP contribution in [0.1, 0.15) is 55.3 Å². The van der Waals surface area contributed by atoms with Gasteiger partial charge in [0, 0.05) is 32.3 Å². The maximum Gasteiger partial charge on any atom is 0.340 e. The molecule has 3 aromatic carbocycles. The van der Waals surface area contributed by atoms with Crippen molar-refractivity contribution in [1.82, 2.24) is 0 Å². The van der Waals surface area contributed by atoms with Gasteiger partial charge in [-0.25, -0.2) is 19.2 Å². The number of Topliss-reactive ketones (excluding diaryl/α,β-unsaturated/α-hetero) is 2. The summed E-state index contributed by atoms with van der Waals surface area (Å²) in [7, 11) is 5.98. The fourth-order valence-corrected chi connectivity index (χ4v) is 4.40. The van der Waals surface area contributed by atoms with Gasteiger partial charge in [0.2, 0.25) is 0 Å². The number of rotatable bonds is 14. The number of hydrazone groups is 2. The van der Waals surface area contributed by atoms with Gasteiger partial charge in [0.1, 0.15) is 0 Å². The number of esters is 4. The molecular formula is C35H34N6O12. The lowest BCUT2D eigenvalue weighted by Crippen LogP contribution is -2.31. The van der Waals surface area contributed by atoms with Gasteiger partial charge in [-0.2, -0.15) is 10.2 Å². The van der Waals surface area contributed by atoms with Gasteiger partial charge in [-0.3, -0.25) is 29.6 Å². The molecule has 0 radical (unpaired) electrons. The lowest BCUT2D eigenvalue weighted by Gasteiger charge is -2.18. The number of hydrogen-bond acceptors (Lipinski definition) is 16. The summed E-state index contributed by atoms with van der Waals surface area (Å²) < 4.78 is 18.9. The minimum Gasteiger partial charge on any atom is -0.465 e. The summed E-state index contributed by atoms with van der Waals surface area (Å²) in [5, 5.41) is 14.0. The third kappa shape index (κ3) is 10.2. The van der Waals surface area contributed by atoms with E-state index in [1.807, 2.05) is 0 Å². The molecule has 18 nitrogen and oxygen atoms in total. The first kappa shape index (κ1) is 40.2. The smallest absolute Gasteiger partial charge is 0.340 e. The first-order valence-electron chi connectivity index (χ1n) is 15.2. The fourth-order valence-electron chi connectivity index (χ4n) is 4.40. The third-order valence-corrected chi connectivity index (χ3v) is 7.05. The van der Waals surface area contributed by atoms with Crippen molar-refractivity contribution < 1.29 is 57.3 Å². The summed E-state index contributed by atoms with van der Waals surface area (Å²) in [6.07, 6.45) is 0. The van der Waals surface area contributed by atoms with Gasteiger partial charge in [0.15, 0.2) is 23.0 Å². The Labute approximate surface area is 302 Å². The number of methoxy groups -OCH3 is 4. The zero-order chi connectivity index (χ0) is 39.4. The van der Waals surface area contributed by atoms with Crippen LogP contribution in [0.2, 0.25) is 0 Å². The Kier molecular flexibility index (Phi) is 13.7. The van der Waals surface area contributed by atoms with Crippen LogP contribution in [0.25, 0.3) is 0 Å². The minimum absolute atomic E-state index is 0.0141. The van der Waals surface area contributed by atoms with E-state index in [-0.39, 0.29) is 45.0 Å². The SMILES string of the molecule is COC(=O)c1ccc(C(=O)OC)c(N/N=C(\C(C)=O)C(=O)Nc2ccc(NC(=O)/C(=N/N(C)c3cc(C(=O)OC)ccc3C(=O)OC)C(C)=O)cc2)c1. The monoisotopic (exact) mass is 730 g/mol. The highest BCUT2D eigenvalue weighted by molar-refractivity contribution is 6.67. The van der Waals surface area contributed by atoms with Crippen LogP contribution in [0.5, 0.6) is 0 Å². The van der Waals surface area contributed by atoms with Gasteiger partial charge >= 0.3 is 23.9 Å². The molecule has 0 aliphatic heterocycles. The Morgan fingerprint density at radius 3 is 1.47 bits per heavy atom. The Morgan fingerprint density at radius 2 is 1.00 bits per heavy atom. The molecule has 0 spiro atoms. The van der Waals surface area contributed by atoms with Crippen molar-refractivity contribution in [3.63, 3.8) is 0 Å². The van der Waals surface area contributed by atoms with Gasteiger partial charge in [0.05, 0.1) is 62.1 Å². The third-order valence-electron chi connectivity index (χ3n) is 7.05. The predicted molar refractivity (Wildman–Crippen MR) is 190 cm³/mol. The molecule has 53 heavy (non-hydrogen) atoms. The maximum atomic E-state index is 13.2. The van der Waals surface area contributed by atoms with Crippen LogP contribution in [0.4, 0.5) is 22.7 Å². The van der Waals surface area contributed by atoms with E-state index in [0.29, 0.717) is 0 Å². The van der Waals surface area contributed by atoms with E-state index in [1.54, 1.807) is 0 Å². The quantitative estimate of drug-likeness (QED) is 0.0711. The van der Waals surface area contributed by atoms with E-state index in [2.05, 4.69) is 31.0 Å². The van der Waals surface area contributed by atoms with Crippen LogP contribution in [-0.4, -0.2) is 94.2 Å². The largest absolute Gasteiger partial charge is 0.465 e. The van der Waals surface area contributed by atoms with Crippen LogP contribution < -0.4 is 21.1 Å². The zero-order valence-corrected chi connectivity index (χ0v) is 29.5. The second-order valence-electron chi connectivity index (χ2n) is 10.6. The van der Waals surface area contributed by atoms with Crippen LogP contribution >= 0.6 is 0 Å². The summed E-state index contributed by atoms with van der Waals surface area (Å²) in [6.45, 7) is 2.19. The van der Waals surface area contributed by atoms with Crippen molar-refractivity contribution in [3.05, 3.63) is 82.9 Å². The van der Waals surface area contributed by atoms with Gasteiger partial charge in [-0.15, -0.1) is 0 Å². The summed E-state index contributed by atoms with van der Waals surface area (Å²) >= 11 is 0. The molecule has 276 valence electrons. The first-order chi connectivity index (χ1) is 25.1. The lowest BCUT2D eigenvalue weighted by molar-refractivity contribution is -0.116. The van der Waals surface area contributed by atoms with Crippen LogP contribution in [0, 0.1) is 0 Å². The highest BCUT2D eigenvalue weighted by Gasteiger charge is 2.23. The lowest BCUT2D eigenvalue weighted by atomic mass is 10.1. The number of benzene rings is 3. The van der Waals surface area contributed by atoms with E-state index in [1.165, 1.54) is 81.9 Å². The summed E-state index contributed by atoms with van der Waals surface area (Å²) in [5.74, 6) is -6.33. The number of nitrogens with zero attached hydrogens (tertiary/aromatic N) is 3. The van der Waals surface area contributed by atoms with Crippen molar-refractivity contribution in [2.45, 2.75) is 13.8 Å². The average Bonchev–Trinajstić information content (AvgIpc) is 3.15. The fraction of sp³-hybridized carbons (Fsp3) is 0.200. The molecule has 0 aliphatic rings. The van der Waals surface area contributed by atoms with E-state index in [4.69, 9.17) is 14.2 Å². The molecule has 0 aromatic heterocycles. The number of ether oxygens (including phenoxy) is 4. The number of nitrogens with one attached hydrogen (secondary N) is 3. The molecule has 0 saturated heterocycles. The molecule has 0 heterocycles. The first-order valence-corrected chi connectivity index (χ1v) is 15.2. The Balaban J connectivity index is 1.81. The summed E-state index contributed by atoms with van der Waals surface area (Å²) in [4.78, 5) is 99.8. The molecule has 0 saturated carbocycles. The van der Waals surface area contributed by atoms with Crippen molar-refractivity contribution in [2.24, 2.45) is 10.2 Å². The van der Waals surface area contributed by atoms with Crippen molar-refractivity contribution in [3.8, 4) is 0 Å². The van der Waals surface area contributed by atoms with E-state index in [0.717, 1.165) is 33.1 Å². The summed E-state index contributed by atoms with van der Waals surface area (Å²) in [6, 6.07) is 13.3. The van der Waals surface area contributed by atoms with Gasteiger partial charge in [-0.1, -0.05) is 0 Å². The number of carbonyl (C=O) groups excluding carboxylic acids is 8. The van der Waals surface area contributed by atoms with Gasteiger partial charge < -0.3 is 29.6 Å². The average molecular weight is 731 g/mol. The van der Waals surface area contributed by atoms with Crippen molar-refractivity contribution >= 4 is 81.4 Å². The molecule has 3 N–H and O–H groups in total. The number of anilines is 4. The topological polar surface area (TPSA) is 238 Å². The van der Waals surface area contributed by atoms with E-state index < -0.39 is 58.7 Å². The highest BCUT2D eigenvalue weighted by atomic mass is 16.5. The maximum absolute atomic E-state index is 13.2. The van der Waals surface area contributed by atoms with Crippen LogP contribution in [0.3, 0.4) is 0 Å². The molecule has 0 aliphatic carbocycles. The Morgan fingerprint density at radius 1 is 0.566 bits per heavy atom. The second kappa shape index (κ2) is 18.1. The summed E-state index contributed by atoms with van der Waals surface area (Å²) in [5.41, 5.74) is 1.68. The number of amides is 2. The Bertz CT molecular complexity index is 2040. The van der Waals surface area contributed by atoms with Gasteiger partial charge in [-0.05, 0) is 60.7 Å². The standard InChI is InChI=1S/C35H34N6O12/c1-18(42)28(39-38-26-16-20(32(46)50-4)8-14-24(26)34(48)52-6)30(44)36-22-10-12-23(13-11-22)37-31(45)29(19(2)43)40-41(3)27-17-21(33(47)51-5)9-15-25(27)35(49)53-7/h8-17,38H,1-7H3,(H,36,44)(H,37,45)/b39-28+,40-29+. The minimum atomic E-state index is -0.942. The van der Waals surface area contributed by atoms with Gasteiger partial charge in [0.25, 0.3) is 11.8 Å². The second-order valence-corrected chi connectivity index (χ2v) is 10.6. The van der Waals surface area contributed by atoms with E-state index in [9.17, 15) is 38.4 Å². The highest BCUT2D eigenvalue weighted by Crippen LogP contribution is 2.24. The number of carbonyl (C=O) groups is 8. The molecular weight excluding hydrogens is 696 g/mol. The molecule has 3 aromatic rings. The molecule has 0 atom stereocenters. The molecule has 0 fully saturated rings. The molecule has 0 bridgehead atoms. The molecule has 0 unspecified atom stereocenters. The molecule has 3 rings (SSSR count). The molecule has 18 heteroatoms. The predicted octanol–water partition coefficient (Wildman–Crippen LogP) is 2.85. The van der Waals surface area contributed by atoms with Crippen molar-refractivity contribution in [2.75, 3.05) is 56.6 Å². The Hall–Kier alpha value is -7.24. The normalized spacial score (nSPS) is 11.0. The van der Waals surface area contributed by atoms with E-state index >= 15 is 0 Å². The molecule has 2 amide bonds. The number of hydrogen-bond donors (Lipinski definition) is 3. The van der Waals surface area contributed by atoms with Crippen molar-refractivity contribution in [1.29, 1.82) is 0 Å². The number of ketones is 2.